The van der Waals surface area contributed by atoms with Crippen LogP contribution in [0.4, 0.5) is 0 Å². The smallest absolute Gasteiger partial charge is 0.235 e. The predicted octanol–water partition coefficient (Wildman–Crippen LogP) is 2.90. The Morgan fingerprint density at radius 1 is 1.17 bits per heavy atom. The van der Waals surface area contributed by atoms with E-state index < -0.39 is 11.5 Å². The van der Waals surface area contributed by atoms with E-state index in [2.05, 4.69) is 15.9 Å². The van der Waals surface area contributed by atoms with E-state index >= 15 is 0 Å². The van der Waals surface area contributed by atoms with E-state index in [1.807, 2.05) is 12.1 Å². The van der Waals surface area contributed by atoms with Gasteiger partial charge in [0.2, 0.25) is 11.8 Å². The molecule has 2 amide bonds. The number of β-amino-alcohol motifs (C(OH)–C–C–N with tert-alkyl or cyclic N) is 1. The van der Waals surface area contributed by atoms with Crippen molar-refractivity contribution in [1.29, 1.82) is 0 Å². The molecule has 1 heterocycles. The highest BCUT2D eigenvalue weighted by Crippen LogP contribution is 2.45. The highest BCUT2D eigenvalue weighted by Gasteiger charge is 2.51. The number of nitrogens with zero attached hydrogens (tertiary/aromatic N) is 1. The van der Waals surface area contributed by atoms with Crippen molar-refractivity contribution in [2.45, 2.75) is 44.6 Å². The molecule has 6 heteroatoms. The van der Waals surface area contributed by atoms with Crippen LogP contribution in [0.5, 0.6) is 5.75 Å². The summed E-state index contributed by atoms with van der Waals surface area (Å²) in [5.41, 5.74) is -0.498. The maximum atomic E-state index is 12.7. The Labute approximate surface area is 150 Å². The number of hydrogen-bond acceptors (Lipinski definition) is 4. The van der Waals surface area contributed by atoms with Crippen molar-refractivity contribution in [2.24, 2.45) is 5.41 Å². The van der Waals surface area contributed by atoms with Crippen molar-refractivity contribution >= 4 is 27.7 Å². The fourth-order valence-corrected chi connectivity index (χ4v) is 3.92. The number of hydrogen-bond donors (Lipinski definition) is 1. The fraction of sp³-hybridized carbons (Fsp3) is 0.556. The van der Waals surface area contributed by atoms with Crippen LogP contribution in [-0.2, 0) is 9.59 Å². The highest BCUT2D eigenvalue weighted by molar-refractivity contribution is 9.10. The van der Waals surface area contributed by atoms with Crippen molar-refractivity contribution in [3.8, 4) is 5.75 Å². The van der Waals surface area contributed by atoms with E-state index in [9.17, 15) is 14.7 Å². The van der Waals surface area contributed by atoms with Crippen LogP contribution in [0.2, 0.25) is 0 Å². The van der Waals surface area contributed by atoms with Crippen molar-refractivity contribution in [3.63, 3.8) is 0 Å². The van der Waals surface area contributed by atoms with Crippen LogP contribution in [0.1, 0.15) is 38.5 Å². The molecule has 130 valence electrons. The molecule has 0 radical (unpaired) electrons. The number of amides is 2. The van der Waals surface area contributed by atoms with Gasteiger partial charge >= 0.3 is 0 Å². The second kappa shape index (κ2) is 7.23. The lowest BCUT2D eigenvalue weighted by atomic mass is 9.73. The van der Waals surface area contributed by atoms with E-state index in [4.69, 9.17) is 4.74 Å². The number of halogens is 1. The van der Waals surface area contributed by atoms with Crippen molar-refractivity contribution in [2.75, 3.05) is 13.2 Å². The molecule has 24 heavy (non-hydrogen) atoms. The molecule has 1 spiro atoms. The molecule has 1 saturated carbocycles. The molecule has 1 aromatic rings. The molecule has 0 aromatic heterocycles. The Hall–Kier alpha value is -1.40. The Morgan fingerprint density at radius 3 is 2.50 bits per heavy atom. The quantitative estimate of drug-likeness (QED) is 0.778. The maximum absolute atomic E-state index is 12.7. The number of ether oxygens (including phenoxy) is 1. The number of likely N-dealkylation sites (tertiary alicyclic amines) is 1. The minimum atomic E-state index is -0.889. The molecule has 1 aliphatic heterocycles. The summed E-state index contributed by atoms with van der Waals surface area (Å²) in [6.45, 7) is 0.0572. The number of rotatable bonds is 5. The van der Waals surface area contributed by atoms with Gasteiger partial charge in [0.25, 0.3) is 0 Å². The summed E-state index contributed by atoms with van der Waals surface area (Å²) in [6.07, 6.45) is 4.13. The molecule has 1 aromatic carbocycles. The van der Waals surface area contributed by atoms with Crippen LogP contribution in [-0.4, -0.2) is 41.1 Å². The SMILES string of the molecule is O=C1CC2(CCCCC2)C(=O)N1CC(O)COc1ccc(Br)cc1. The predicted molar refractivity (Wildman–Crippen MR) is 92.5 cm³/mol. The zero-order valence-corrected chi connectivity index (χ0v) is 15.1. The number of aliphatic hydroxyl groups is 1. The van der Waals surface area contributed by atoms with Gasteiger partial charge in [-0.3, -0.25) is 14.5 Å². The average Bonchev–Trinajstić information content (AvgIpc) is 2.79. The van der Waals surface area contributed by atoms with Gasteiger partial charge in [0.1, 0.15) is 18.5 Å². The number of imide groups is 1. The van der Waals surface area contributed by atoms with E-state index in [1.54, 1.807) is 12.1 Å². The minimum Gasteiger partial charge on any atom is -0.491 e. The minimum absolute atomic E-state index is 0.00987. The van der Waals surface area contributed by atoms with Gasteiger partial charge in [-0.25, -0.2) is 0 Å². The summed E-state index contributed by atoms with van der Waals surface area (Å²) in [5.74, 6) is 0.375. The average molecular weight is 396 g/mol. The monoisotopic (exact) mass is 395 g/mol. The first-order valence-electron chi connectivity index (χ1n) is 8.41. The molecule has 2 aliphatic rings. The van der Waals surface area contributed by atoms with Gasteiger partial charge in [0.05, 0.1) is 12.0 Å². The summed E-state index contributed by atoms with van der Waals surface area (Å²) in [7, 11) is 0. The van der Waals surface area contributed by atoms with Crippen LogP contribution >= 0.6 is 15.9 Å². The molecule has 5 nitrogen and oxygen atoms in total. The lowest BCUT2D eigenvalue weighted by Crippen LogP contribution is -2.42. The molecular weight excluding hydrogens is 374 g/mol. The molecular formula is C18H22BrNO4. The molecule has 1 N–H and O–H groups in total. The van der Waals surface area contributed by atoms with E-state index in [1.165, 1.54) is 4.90 Å². The maximum Gasteiger partial charge on any atom is 0.235 e. The third-order valence-electron chi connectivity index (χ3n) is 4.95. The first kappa shape index (κ1) is 17.4. The summed E-state index contributed by atoms with van der Waals surface area (Å²) in [6, 6.07) is 7.28. The summed E-state index contributed by atoms with van der Waals surface area (Å²) in [5, 5.41) is 10.2. The molecule has 3 rings (SSSR count). The van der Waals surface area contributed by atoms with Gasteiger partial charge in [0, 0.05) is 10.9 Å². The normalized spacial score (nSPS) is 21.3. The Morgan fingerprint density at radius 2 is 1.83 bits per heavy atom. The Balaban J connectivity index is 1.55. The van der Waals surface area contributed by atoms with Crippen molar-refractivity contribution in [1.82, 2.24) is 4.90 Å². The van der Waals surface area contributed by atoms with Crippen molar-refractivity contribution in [3.05, 3.63) is 28.7 Å². The molecule has 1 unspecified atom stereocenters. The van der Waals surface area contributed by atoms with Crippen LogP contribution in [0, 0.1) is 5.41 Å². The van der Waals surface area contributed by atoms with Gasteiger partial charge in [-0.15, -0.1) is 0 Å². The zero-order chi connectivity index (χ0) is 17.2. The van der Waals surface area contributed by atoms with Crippen LogP contribution in [0.25, 0.3) is 0 Å². The van der Waals surface area contributed by atoms with Crippen molar-refractivity contribution < 1.29 is 19.4 Å². The summed E-state index contributed by atoms with van der Waals surface area (Å²) < 4.78 is 6.47. The number of aliphatic hydroxyl groups excluding tert-OH is 1. The lowest BCUT2D eigenvalue weighted by Gasteiger charge is -2.30. The first-order chi connectivity index (χ1) is 11.5. The number of benzene rings is 1. The third-order valence-corrected chi connectivity index (χ3v) is 5.48. The summed E-state index contributed by atoms with van der Waals surface area (Å²) in [4.78, 5) is 26.2. The molecule has 1 saturated heterocycles. The Kier molecular flexibility index (Phi) is 5.25. The van der Waals surface area contributed by atoms with Crippen LogP contribution in [0.15, 0.2) is 28.7 Å². The van der Waals surface area contributed by atoms with Gasteiger partial charge < -0.3 is 9.84 Å². The lowest BCUT2D eigenvalue weighted by molar-refractivity contribution is -0.144. The molecule has 1 aliphatic carbocycles. The van der Waals surface area contributed by atoms with Crippen LogP contribution in [0.3, 0.4) is 0 Å². The van der Waals surface area contributed by atoms with Crippen LogP contribution < -0.4 is 4.74 Å². The van der Waals surface area contributed by atoms with Gasteiger partial charge in [-0.1, -0.05) is 35.2 Å². The first-order valence-corrected chi connectivity index (χ1v) is 9.21. The number of carbonyl (C=O) groups is 2. The molecule has 1 atom stereocenters. The van der Waals surface area contributed by atoms with Gasteiger partial charge in [-0.05, 0) is 37.1 Å². The van der Waals surface area contributed by atoms with Gasteiger partial charge in [-0.2, -0.15) is 0 Å². The zero-order valence-electron chi connectivity index (χ0n) is 13.5. The molecule has 2 fully saturated rings. The van der Waals surface area contributed by atoms with Gasteiger partial charge in [0.15, 0.2) is 0 Å². The highest BCUT2D eigenvalue weighted by atomic mass is 79.9. The molecule has 0 bridgehead atoms. The summed E-state index contributed by atoms with van der Waals surface area (Å²) >= 11 is 3.35. The topological polar surface area (TPSA) is 66.8 Å². The Bertz CT molecular complexity index is 610. The largest absolute Gasteiger partial charge is 0.491 e. The second-order valence-electron chi connectivity index (χ2n) is 6.75. The van der Waals surface area contributed by atoms with E-state index in [0.717, 1.165) is 36.6 Å². The second-order valence-corrected chi connectivity index (χ2v) is 7.66. The standard InChI is InChI=1S/C18H22BrNO4/c19-13-4-6-15(7-5-13)24-12-14(21)11-20-16(22)10-18(17(20)23)8-2-1-3-9-18/h4-7,14,21H,1-3,8-12H2. The van der Waals surface area contributed by atoms with E-state index in [0.29, 0.717) is 12.2 Å². The van der Waals surface area contributed by atoms with E-state index in [-0.39, 0.29) is 25.0 Å². The number of carbonyl (C=O) groups excluding carboxylic acids is 2. The fourth-order valence-electron chi connectivity index (χ4n) is 3.65. The third kappa shape index (κ3) is 3.64.